The number of thiol groups is 2. The Kier molecular flexibility index (Phi) is 15.4. The van der Waals surface area contributed by atoms with Crippen molar-refractivity contribution < 1.29 is 4.74 Å². The summed E-state index contributed by atoms with van der Waals surface area (Å²) in [6, 6.07) is 0. The lowest BCUT2D eigenvalue weighted by atomic mass is 10.1. The molecule has 0 aromatic carbocycles. The van der Waals surface area contributed by atoms with Gasteiger partial charge in [-0.2, -0.15) is 0 Å². The standard InChI is InChI=1S/C11H24OS6/c1-9(2)5-7-12-11(15-17-18-16-13)14-8-6-10(3)4/h9-10,13,15H,5-8H2,1-4H3. The molecule has 0 fully saturated rings. The molecule has 1 nitrogen and oxygen atoms in total. The normalized spacial score (nSPS) is 13.2. The van der Waals surface area contributed by atoms with E-state index in [1.165, 1.54) is 26.6 Å². The van der Waals surface area contributed by atoms with Gasteiger partial charge in [0.25, 0.3) is 0 Å². The van der Waals surface area contributed by atoms with Gasteiger partial charge in [-0.25, -0.2) is 0 Å². The average Bonchev–Trinajstić information content (AvgIpc) is 2.27. The lowest BCUT2D eigenvalue weighted by molar-refractivity contribution is 0.292. The van der Waals surface area contributed by atoms with Crippen molar-refractivity contribution in [1.82, 2.24) is 0 Å². The van der Waals surface area contributed by atoms with E-state index in [0.29, 0.717) is 5.92 Å². The molecule has 0 N–H and O–H groups in total. The van der Waals surface area contributed by atoms with Gasteiger partial charge in [0.15, 0.2) is 0 Å². The van der Waals surface area contributed by atoms with E-state index in [1.807, 2.05) is 11.8 Å². The molecule has 0 bridgehead atoms. The molecule has 0 rings (SSSR count). The minimum atomic E-state index is 0.707. The minimum Gasteiger partial charge on any atom is -0.334 e. The van der Waals surface area contributed by atoms with Crippen LogP contribution in [0.25, 0.3) is 0 Å². The Balaban J connectivity index is 3.95. The molecule has 0 aliphatic rings. The maximum Gasteiger partial charge on any atom is 0.141 e. The molecule has 0 amide bonds. The molecule has 0 saturated carbocycles. The van der Waals surface area contributed by atoms with Crippen LogP contribution in [0.1, 0.15) is 40.5 Å². The molecular formula is C11H24OS6. The molecule has 0 heterocycles. The van der Waals surface area contributed by atoms with Gasteiger partial charge in [0.1, 0.15) is 4.38 Å². The van der Waals surface area contributed by atoms with Gasteiger partial charge in [0.2, 0.25) is 0 Å². The maximum absolute atomic E-state index is 5.88. The smallest absolute Gasteiger partial charge is 0.141 e. The first-order valence-corrected chi connectivity index (χ1v) is 13.1. The van der Waals surface area contributed by atoms with Gasteiger partial charge >= 0.3 is 0 Å². The van der Waals surface area contributed by atoms with Crippen LogP contribution < -0.4 is 0 Å². The van der Waals surface area contributed by atoms with Crippen molar-refractivity contribution in [3.05, 3.63) is 0 Å². The Hall–Kier alpha value is 1.93. The van der Waals surface area contributed by atoms with Gasteiger partial charge in [-0.05, 0) is 54.2 Å². The number of thioether (sulfide) groups is 1. The Morgan fingerprint density at radius 3 is 2.39 bits per heavy atom. The van der Waals surface area contributed by atoms with E-state index in [4.69, 9.17) is 4.74 Å². The molecule has 0 aromatic heterocycles. The van der Waals surface area contributed by atoms with Gasteiger partial charge in [0, 0.05) is 5.75 Å². The van der Waals surface area contributed by atoms with Crippen molar-refractivity contribution in [3.63, 3.8) is 0 Å². The lowest BCUT2D eigenvalue weighted by Gasteiger charge is -2.10. The molecule has 0 aliphatic carbocycles. The third-order valence-corrected chi connectivity index (χ3v) is 10.4. The van der Waals surface area contributed by atoms with E-state index in [-0.39, 0.29) is 0 Å². The van der Waals surface area contributed by atoms with Crippen LogP contribution >= 0.6 is 63.3 Å². The Morgan fingerprint density at radius 1 is 1.17 bits per heavy atom. The van der Waals surface area contributed by atoms with Crippen LogP contribution in [0.4, 0.5) is 0 Å². The predicted octanol–water partition coefficient (Wildman–Crippen LogP) is 6.17. The second-order valence-corrected chi connectivity index (χ2v) is 12.8. The zero-order chi connectivity index (χ0) is 13.8. The van der Waals surface area contributed by atoms with Crippen molar-refractivity contribution in [2.45, 2.75) is 40.5 Å². The molecular weight excluding hydrogens is 341 g/mol. The van der Waals surface area contributed by atoms with E-state index < -0.39 is 0 Å². The molecule has 0 atom stereocenters. The summed E-state index contributed by atoms with van der Waals surface area (Å²) >= 11 is 5.98. The van der Waals surface area contributed by atoms with Gasteiger partial charge in [-0.3, -0.25) is 0 Å². The Labute approximate surface area is 136 Å². The third kappa shape index (κ3) is 14.3. The fraction of sp³-hybridized carbons (Fsp3) is 0.909. The van der Waals surface area contributed by atoms with Crippen LogP contribution in [0, 0.1) is 11.8 Å². The number of hydrogen-bond acceptors (Lipinski definition) is 6. The highest BCUT2D eigenvalue weighted by Gasteiger charge is 2.03. The number of hydrogen-bond donors (Lipinski definition) is 2. The monoisotopic (exact) mass is 364 g/mol. The zero-order valence-electron chi connectivity index (χ0n) is 11.4. The second kappa shape index (κ2) is 13.9. The molecule has 0 radical (unpaired) electrons. The van der Waals surface area contributed by atoms with Gasteiger partial charge < -0.3 is 4.74 Å². The van der Waals surface area contributed by atoms with E-state index in [1.54, 1.807) is 19.7 Å². The molecule has 0 aliphatic heterocycles. The summed E-state index contributed by atoms with van der Waals surface area (Å²) in [5, 5.41) is 0. The third-order valence-electron chi connectivity index (χ3n) is 2.01. The Morgan fingerprint density at radius 2 is 1.83 bits per heavy atom. The SMILES string of the molecule is CC(C)CCOC(SCCC(C)C)=[SH]SSSS. The average molecular weight is 365 g/mol. The van der Waals surface area contributed by atoms with E-state index in [0.717, 1.165) is 29.1 Å². The molecule has 7 heteroatoms. The van der Waals surface area contributed by atoms with Gasteiger partial charge in [0.05, 0.1) is 6.61 Å². The number of ether oxygens (including phenoxy) is 1. The molecule has 0 saturated heterocycles. The van der Waals surface area contributed by atoms with Crippen LogP contribution in [-0.4, -0.2) is 16.7 Å². The largest absolute Gasteiger partial charge is 0.334 e. The topological polar surface area (TPSA) is 9.23 Å². The fourth-order valence-electron chi connectivity index (χ4n) is 0.917. The van der Waals surface area contributed by atoms with Crippen molar-refractivity contribution in [2.24, 2.45) is 11.8 Å². The summed E-state index contributed by atoms with van der Waals surface area (Å²) in [7, 11) is 6.16. The summed E-state index contributed by atoms with van der Waals surface area (Å²) in [4.78, 5) is 0. The first kappa shape index (κ1) is 19.9. The Bertz CT molecular complexity index is 204. The summed E-state index contributed by atoms with van der Waals surface area (Å²) in [6.07, 6.45) is 2.37. The van der Waals surface area contributed by atoms with Crippen LogP contribution in [0.5, 0.6) is 0 Å². The summed E-state index contributed by atoms with van der Waals surface area (Å²) in [5.41, 5.74) is 0. The fourth-order valence-corrected chi connectivity index (χ4v) is 9.23. The van der Waals surface area contributed by atoms with Crippen molar-refractivity contribution in [3.8, 4) is 0 Å². The van der Waals surface area contributed by atoms with E-state index in [2.05, 4.69) is 39.4 Å². The van der Waals surface area contributed by atoms with E-state index >= 15 is 0 Å². The highest BCUT2D eigenvalue weighted by Crippen LogP contribution is 2.42. The van der Waals surface area contributed by atoms with Crippen molar-refractivity contribution in [1.29, 1.82) is 0 Å². The predicted molar refractivity (Wildman–Crippen MR) is 103 cm³/mol. The number of rotatable bonds is 9. The summed E-state index contributed by atoms with van der Waals surface area (Å²) in [5.74, 6) is 2.63. The zero-order valence-corrected chi connectivity index (χ0v) is 16.5. The summed E-state index contributed by atoms with van der Waals surface area (Å²) in [6.45, 7) is 9.83. The second-order valence-electron chi connectivity index (χ2n) is 4.64. The first-order valence-electron chi connectivity index (χ1n) is 6.03. The maximum atomic E-state index is 5.88. The van der Waals surface area contributed by atoms with Crippen LogP contribution in [0.3, 0.4) is 0 Å². The van der Waals surface area contributed by atoms with Gasteiger partial charge in [-0.1, -0.05) is 61.5 Å². The molecule has 0 unspecified atom stereocenters. The lowest BCUT2D eigenvalue weighted by Crippen LogP contribution is -2.04. The van der Waals surface area contributed by atoms with Crippen molar-refractivity contribution in [2.75, 3.05) is 12.4 Å². The molecule has 0 aromatic rings. The quantitative estimate of drug-likeness (QED) is 0.218. The highest BCUT2D eigenvalue weighted by atomic mass is 33.8. The van der Waals surface area contributed by atoms with Crippen LogP contribution in [0.15, 0.2) is 0 Å². The van der Waals surface area contributed by atoms with Crippen LogP contribution in [0.2, 0.25) is 0 Å². The summed E-state index contributed by atoms with van der Waals surface area (Å²) < 4.78 is 7.03. The molecule has 0 spiro atoms. The highest BCUT2D eigenvalue weighted by molar-refractivity contribution is 9.34. The van der Waals surface area contributed by atoms with Gasteiger partial charge in [-0.15, -0.1) is 0 Å². The minimum absolute atomic E-state index is 0.707. The van der Waals surface area contributed by atoms with E-state index in [9.17, 15) is 0 Å². The molecule has 110 valence electrons. The van der Waals surface area contributed by atoms with Crippen molar-refractivity contribution >= 4 is 67.7 Å². The first-order chi connectivity index (χ1) is 8.56. The van der Waals surface area contributed by atoms with Crippen LogP contribution in [-0.2, 0) is 4.74 Å². The molecule has 18 heavy (non-hydrogen) atoms.